The Labute approximate surface area is 146 Å². The van der Waals surface area contributed by atoms with E-state index in [4.69, 9.17) is 9.47 Å². The lowest BCUT2D eigenvalue weighted by Crippen LogP contribution is -2.48. The number of carbonyl (C=O) groups is 2. The van der Waals surface area contributed by atoms with E-state index in [-0.39, 0.29) is 17.9 Å². The molecule has 1 aromatic carbocycles. The molecule has 0 saturated carbocycles. The molecule has 0 bridgehead atoms. The number of nitrogens with zero attached hydrogens (tertiary/aromatic N) is 1. The zero-order valence-electron chi connectivity index (χ0n) is 14.1. The fourth-order valence-corrected chi connectivity index (χ4v) is 3.66. The van der Waals surface area contributed by atoms with Gasteiger partial charge in [0, 0.05) is 30.9 Å². The average molecular weight is 345 g/mol. The van der Waals surface area contributed by atoms with Gasteiger partial charge in [0.2, 0.25) is 11.8 Å². The minimum Gasteiger partial charge on any atom is -0.486 e. The highest BCUT2D eigenvalue weighted by Gasteiger charge is 2.38. The molecule has 2 saturated heterocycles. The van der Waals surface area contributed by atoms with Crippen molar-refractivity contribution >= 4 is 17.5 Å². The molecule has 0 spiro atoms. The number of anilines is 1. The number of carbonyl (C=O) groups excluding carboxylic acids is 2. The first-order chi connectivity index (χ1) is 12.2. The van der Waals surface area contributed by atoms with Crippen molar-refractivity contribution in [3.8, 4) is 11.5 Å². The first kappa shape index (κ1) is 16.2. The maximum absolute atomic E-state index is 12.7. The van der Waals surface area contributed by atoms with Crippen LogP contribution in [0.4, 0.5) is 5.69 Å². The Morgan fingerprint density at radius 2 is 2.04 bits per heavy atom. The number of ether oxygens (including phenoxy) is 2. The standard InChI is InChI=1S/C18H23N3O4/c22-17(20-12-2-1-6-19-11-12)14-5-7-21(18(14)23)13-3-4-15-16(10-13)25-9-8-24-15/h3-4,10,12,14,19H,1-2,5-9,11H2,(H,20,22). The molecule has 3 aliphatic rings. The molecule has 2 N–H and O–H groups in total. The van der Waals surface area contributed by atoms with Crippen LogP contribution in [-0.2, 0) is 9.59 Å². The van der Waals surface area contributed by atoms with Crippen LogP contribution in [0.2, 0.25) is 0 Å². The molecule has 134 valence electrons. The van der Waals surface area contributed by atoms with Crippen molar-refractivity contribution in [1.82, 2.24) is 10.6 Å². The second kappa shape index (κ2) is 6.92. The minimum absolute atomic E-state index is 0.123. The quantitative estimate of drug-likeness (QED) is 0.788. The van der Waals surface area contributed by atoms with Crippen molar-refractivity contribution < 1.29 is 19.1 Å². The molecule has 2 atom stereocenters. The lowest BCUT2D eigenvalue weighted by Gasteiger charge is -2.25. The third kappa shape index (κ3) is 3.28. The highest BCUT2D eigenvalue weighted by atomic mass is 16.6. The van der Waals surface area contributed by atoms with E-state index in [0.717, 1.165) is 31.6 Å². The van der Waals surface area contributed by atoms with Gasteiger partial charge in [-0.15, -0.1) is 0 Å². The lowest BCUT2D eigenvalue weighted by molar-refractivity contribution is -0.132. The van der Waals surface area contributed by atoms with Gasteiger partial charge in [0.05, 0.1) is 0 Å². The Hall–Kier alpha value is -2.28. The van der Waals surface area contributed by atoms with Crippen molar-refractivity contribution in [1.29, 1.82) is 0 Å². The summed E-state index contributed by atoms with van der Waals surface area (Å²) in [5, 5.41) is 6.29. The second-order valence-corrected chi connectivity index (χ2v) is 6.71. The van der Waals surface area contributed by atoms with Crippen LogP contribution >= 0.6 is 0 Å². The first-order valence-electron chi connectivity index (χ1n) is 8.94. The van der Waals surface area contributed by atoms with E-state index in [1.54, 1.807) is 4.90 Å². The number of nitrogens with one attached hydrogen (secondary N) is 2. The second-order valence-electron chi connectivity index (χ2n) is 6.71. The van der Waals surface area contributed by atoms with Crippen LogP contribution in [0.15, 0.2) is 18.2 Å². The van der Waals surface area contributed by atoms with Gasteiger partial charge in [0.1, 0.15) is 19.1 Å². The Bertz CT molecular complexity index is 672. The Kier molecular flexibility index (Phi) is 4.48. The topological polar surface area (TPSA) is 79.9 Å². The molecule has 3 heterocycles. The van der Waals surface area contributed by atoms with Crippen LogP contribution in [0, 0.1) is 5.92 Å². The molecule has 4 rings (SSSR count). The van der Waals surface area contributed by atoms with E-state index in [0.29, 0.717) is 37.7 Å². The van der Waals surface area contributed by atoms with Gasteiger partial charge < -0.3 is 25.0 Å². The monoisotopic (exact) mass is 345 g/mol. The van der Waals surface area contributed by atoms with E-state index < -0.39 is 5.92 Å². The molecule has 0 aliphatic carbocycles. The third-order valence-electron chi connectivity index (χ3n) is 5.00. The maximum Gasteiger partial charge on any atom is 0.239 e. The smallest absolute Gasteiger partial charge is 0.239 e. The maximum atomic E-state index is 12.7. The molecule has 25 heavy (non-hydrogen) atoms. The fourth-order valence-electron chi connectivity index (χ4n) is 3.66. The molecule has 1 aromatic rings. The summed E-state index contributed by atoms with van der Waals surface area (Å²) in [7, 11) is 0. The van der Waals surface area contributed by atoms with Crippen molar-refractivity contribution in [2.45, 2.75) is 25.3 Å². The van der Waals surface area contributed by atoms with E-state index in [9.17, 15) is 9.59 Å². The Balaban J connectivity index is 1.43. The fraction of sp³-hybridized carbons (Fsp3) is 0.556. The summed E-state index contributed by atoms with van der Waals surface area (Å²) in [6.07, 6.45) is 2.55. The van der Waals surface area contributed by atoms with Crippen LogP contribution in [0.25, 0.3) is 0 Å². The van der Waals surface area contributed by atoms with E-state index in [2.05, 4.69) is 10.6 Å². The van der Waals surface area contributed by atoms with Crippen LogP contribution in [0.1, 0.15) is 19.3 Å². The highest BCUT2D eigenvalue weighted by Crippen LogP contribution is 2.36. The normalized spacial score (nSPS) is 25.8. The number of rotatable bonds is 3. The first-order valence-corrected chi connectivity index (χ1v) is 8.94. The van der Waals surface area contributed by atoms with Crippen LogP contribution in [0.3, 0.4) is 0 Å². The van der Waals surface area contributed by atoms with E-state index >= 15 is 0 Å². The van der Waals surface area contributed by atoms with Gasteiger partial charge >= 0.3 is 0 Å². The highest BCUT2D eigenvalue weighted by molar-refractivity contribution is 6.09. The van der Waals surface area contributed by atoms with Gasteiger partial charge in [0.25, 0.3) is 0 Å². The summed E-state index contributed by atoms with van der Waals surface area (Å²) in [4.78, 5) is 26.9. The van der Waals surface area contributed by atoms with Gasteiger partial charge in [0.15, 0.2) is 11.5 Å². The number of hydrogen-bond acceptors (Lipinski definition) is 5. The Morgan fingerprint density at radius 3 is 2.84 bits per heavy atom. The van der Waals surface area contributed by atoms with Gasteiger partial charge in [-0.2, -0.15) is 0 Å². The van der Waals surface area contributed by atoms with Crippen molar-refractivity contribution in [2.24, 2.45) is 5.92 Å². The van der Waals surface area contributed by atoms with Crippen LogP contribution in [0.5, 0.6) is 11.5 Å². The molecule has 0 aromatic heterocycles. The van der Waals surface area contributed by atoms with Gasteiger partial charge in [-0.3, -0.25) is 9.59 Å². The molecular weight excluding hydrogens is 322 g/mol. The number of piperidine rings is 1. The molecule has 3 aliphatic heterocycles. The lowest BCUT2D eigenvalue weighted by atomic mass is 10.0. The summed E-state index contributed by atoms with van der Waals surface area (Å²) in [6.45, 7) is 3.35. The zero-order valence-corrected chi connectivity index (χ0v) is 14.1. The molecule has 2 amide bonds. The van der Waals surface area contributed by atoms with Crippen molar-refractivity contribution in [2.75, 3.05) is 37.7 Å². The SMILES string of the molecule is O=C(NC1CCCNC1)C1CCN(c2ccc3c(c2)OCCO3)C1=O. The molecule has 2 fully saturated rings. The zero-order chi connectivity index (χ0) is 17.2. The number of amides is 2. The predicted octanol–water partition coefficient (Wildman–Crippen LogP) is 0.679. The third-order valence-corrected chi connectivity index (χ3v) is 5.00. The summed E-state index contributed by atoms with van der Waals surface area (Å²) >= 11 is 0. The molecular formula is C18H23N3O4. The predicted molar refractivity (Wildman–Crippen MR) is 91.9 cm³/mol. The summed E-state index contributed by atoms with van der Waals surface area (Å²) in [6, 6.07) is 5.60. The number of fused-ring (bicyclic) bond motifs is 1. The van der Waals surface area contributed by atoms with Gasteiger partial charge in [-0.05, 0) is 37.9 Å². The Morgan fingerprint density at radius 1 is 1.20 bits per heavy atom. The number of hydrogen-bond donors (Lipinski definition) is 2. The van der Waals surface area contributed by atoms with Crippen LogP contribution < -0.4 is 25.0 Å². The number of benzene rings is 1. The van der Waals surface area contributed by atoms with E-state index in [1.165, 1.54) is 0 Å². The molecule has 2 unspecified atom stereocenters. The largest absolute Gasteiger partial charge is 0.486 e. The van der Waals surface area contributed by atoms with Gasteiger partial charge in [-0.1, -0.05) is 0 Å². The average Bonchev–Trinajstić information content (AvgIpc) is 3.04. The van der Waals surface area contributed by atoms with Crippen molar-refractivity contribution in [3.63, 3.8) is 0 Å². The summed E-state index contributed by atoms with van der Waals surface area (Å²) < 4.78 is 11.1. The van der Waals surface area contributed by atoms with Crippen molar-refractivity contribution in [3.05, 3.63) is 18.2 Å². The summed E-state index contributed by atoms with van der Waals surface area (Å²) in [5.41, 5.74) is 0.754. The van der Waals surface area contributed by atoms with E-state index in [1.807, 2.05) is 18.2 Å². The molecule has 7 heteroatoms. The minimum atomic E-state index is -0.602. The van der Waals surface area contributed by atoms with Gasteiger partial charge in [-0.25, -0.2) is 0 Å². The van der Waals surface area contributed by atoms with Crippen LogP contribution in [-0.4, -0.2) is 50.7 Å². The molecule has 0 radical (unpaired) electrons. The molecule has 7 nitrogen and oxygen atoms in total. The summed E-state index contributed by atoms with van der Waals surface area (Å²) in [5.74, 6) is 0.449.